The number of hydrogen-bond acceptors (Lipinski definition) is 5. The maximum atomic E-state index is 13.4. The summed E-state index contributed by atoms with van der Waals surface area (Å²) < 4.78 is 5.88. The Hall–Kier alpha value is -4.52. The monoisotopic (exact) mass is 536 g/mol. The van der Waals surface area contributed by atoms with E-state index in [1.165, 1.54) is 0 Å². The van der Waals surface area contributed by atoms with Gasteiger partial charge in [0.1, 0.15) is 5.75 Å². The topological polar surface area (TPSA) is 92.7 Å². The van der Waals surface area contributed by atoms with Gasteiger partial charge in [-0.25, -0.2) is 10.4 Å². The van der Waals surface area contributed by atoms with Crippen molar-refractivity contribution in [3.05, 3.63) is 90.0 Å². The van der Waals surface area contributed by atoms with Crippen LogP contribution in [0.5, 0.6) is 5.75 Å². The zero-order valence-corrected chi connectivity index (χ0v) is 23.7. The molecule has 0 bridgehead atoms. The van der Waals surface area contributed by atoms with Crippen molar-refractivity contribution in [1.29, 1.82) is 0 Å². The molecule has 7 heteroatoms. The number of pyridine rings is 1. The zero-order valence-electron chi connectivity index (χ0n) is 23.7. The summed E-state index contributed by atoms with van der Waals surface area (Å²) in [5, 5.41) is 8.03. The lowest BCUT2D eigenvalue weighted by Crippen LogP contribution is -2.27. The summed E-state index contributed by atoms with van der Waals surface area (Å²) in [6, 6.07) is 24.5. The molecule has 1 aromatic heterocycles. The minimum atomic E-state index is -0.511. The largest absolute Gasteiger partial charge is 0.494 e. The highest BCUT2D eigenvalue weighted by molar-refractivity contribution is 6.08. The number of ether oxygens (including phenoxy) is 1. The van der Waals surface area contributed by atoms with Crippen molar-refractivity contribution < 1.29 is 14.3 Å². The average molecular weight is 537 g/mol. The fraction of sp³-hybridized carbons (Fsp3) is 0.273. The molecule has 0 aliphatic carbocycles. The average Bonchev–Trinajstić information content (AvgIpc) is 2.95. The van der Waals surface area contributed by atoms with Crippen LogP contribution in [-0.4, -0.2) is 29.1 Å². The molecule has 0 atom stereocenters. The summed E-state index contributed by atoms with van der Waals surface area (Å²) in [6.45, 7) is 10.2. The standard InChI is InChI=1S/C33H36N4O3/c1-6-7-18-40-26-15-11-13-24(20-26)30-21-28(27-16-8-9-17-29(27)35-30)31(38)37-36-22(2)23-12-10-14-25(19-23)34-32(39)33(3,4)5/h8-17,19-21H,6-7,18H2,1-5H3,(H,34,39)(H,37,38)/b36-22+. The van der Waals surface area contributed by atoms with Gasteiger partial charge in [0.2, 0.25) is 5.91 Å². The van der Waals surface area contributed by atoms with Gasteiger partial charge in [-0.15, -0.1) is 0 Å². The molecule has 0 saturated carbocycles. The molecular weight excluding hydrogens is 500 g/mol. The highest BCUT2D eigenvalue weighted by atomic mass is 16.5. The molecule has 4 rings (SSSR count). The Morgan fingerprint density at radius 2 is 1.73 bits per heavy atom. The predicted molar refractivity (Wildman–Crippen MR) is 162 cm³/mol. The number of unbranched alkanes of at least 4 members (excludes halogenated alkanes) is 1. The normalized spacial score (nSPS) is 11.8. The number of hydrazone groups is 1. The third kappa shape index (κ3) is 7.11. The van der Waals surface area contributed by atoms with E-state index in [0.717, 1.165) is 35.1 Å². The molecule has 40 heavy (non-hydrogen) atoms. The van der Waals surface area contributed by atoms with Crippen LogP contribution in [0, 0.1) is 5.41 Å². The molecule has 0 spiro atoms. The maximum Gasteiger partial charge on any atom is 0.272 e. The Kier molecular flexibility index (Phi) is 8.94. The summed E-state index contributed by atoms with van der Waals surface area (Å²) in [7, 11) is 0. The maximum absolute atomic E-state index is 13.4. The second-order valence-corrected chi connectivity index (χ2v) is 10.7. The summed E-state index contributed by atoms with van der Waals surface area (Å²) in [5.41, 5.74) is 6.98. The van der Waals surface area contributed by atoms with Gasteiger partial charge in [0.25, 0.3) is 5.91 Å². The van der Waals surface area contributed by atoms with E-state index in [2.05, 4.69) is 22.8 Å². The lowest BCUT2D eigenvalue weighted by molar-refractivity contribution is -0.123. The van der Waals surface area contributed by atoms with E-state index in [1.54, 1.807) is 6.07 Å². The molecule has 206 valence electrons. The van der Waals surface area contributed by atoms with Crippen LogP contribution < -0.4 is 15.5 Å². The minimum absolute atomic E-state index is 0.0778. The van der Waals surface area contributed by atoms with E-state index in [9.17, 15) is 9.59 Å². The van der Waals surface area contributed by atoms with E-state index in [4.69, 9.17) is 9.72 Å². The van der Waals surface area contributed by atoms with Crippen LogP contribution in [0.25, 0.3) is 22.2 Å². The molecule has 2 N–H and O–H groups in total. The quantitative estimate of drug-likeness (QED) is 0.134. The van der Waals surface area contributed by atoms with Gasteiger partial charge < -0.3 is 10.1 Å². The van der Waals surface area contributed by atoms with Gasteiger partial charge in [0.15, 0.2) is 0 Å². The number of hydrogen-bond donors (Lipinski definition) is 2. The van der Waals surface area contributed by atoms with Gasteiger partial charge in [-0.3, -0.25) is 9.59 Å². The second kappa shape index (κ2) is 12.6. The van der Waals surface area contributed by atoms with E-state index < -0.39 is 5.41 Å². The van der Waals surface area contributed by atoms with Crippen molar-refractivity contribution in [2.45, 2.75) is 47.5 Å². The number of carbonyl (C=O) groups is 2. The van der Waals surface area contributed by atoms with Crippen molar-refractivity contribution in [3.8, 4) is 17.0 Å². The second-order valence-electron chi connectivity index (χ2n) is 10.7. The molecule has 7 nitrogen and oxygen atoms in total. The molecule has 1 heterocycles. The van der Waals surface area contributed by atoms with Crippen LogP contribution in [0.4, 0.5) is 5.69 Å². The van der Waals surface area contributed by atoms with Gasteiger partial charge in [-0.05, 0) is 55.3 Å². The Balaban J connectivity index is 1.59. The van der Waals surface area contributed by atoms with Crippen LogP contribution in [0.1, 0.15) is 63.4 Å². The number of anilines is 1. The van der Waals surface area contributed by atoms with Crippen molar-refractivity contribution >= 4 is 34.1 Å². The van der Waals surface area contributed by atoms with E-state index in [0.29, 0.717) is 34.8 Å². The number of benzene rings is 3. The fourth-order valence-corrected chi connectivity index (χ4v) is 3.99. The molecule has 0 radical (unpaired) electrons. The summed E-state index contributed by atoms with van der Waals surface area (Å²) in [5.74, 6) is 0.353. The lowest BCUT2D eigenvalue weighted by atomic mass is 9.95. The number of nitrogens with zero attached hydrogens (tertiary/aromatic N) is 2. The Labute approximate surface area is 235 Å². The summed E-state index contributed by atoms with van der Waals surface area (Å²) in [4.78, 5) is 30.6. The van der Waals surface area contributed by atoms with Crippen LogP contribution in [0.3, 0.4) is 0 Å². The predicted octanol–water partition coefficient (Wildman–Crippen LogP) is 7.22. The molecule has 4 aromatic rings. The number of aromatic nitrogens is 1. The highest BCUT2D eigenvalue weighted by Gasteiger charge is 2.21. The molecule has 3 aromatic carbocycles. The third-order valence-corrected chi connectivity index (χ3v) is 6.40. The molecule has 0 aliphatic rings. The number of nitrogens with one attached hydrogen (secondary N) is 2. The van der Waals surface area contributed by atoms with Gasteiger partial charge >= 0.3 is 0 Å². The highest BCUT2D eigenvalue weighted by Crippen LogP contribution is 2.27. The smallest absolute Gasteiger partial charge is 0.272 e. The van der Waals surface area contributed by atoms with Crippen molar-refractivity contribution in [3.63, 3.8) is 0 Å². The van der Waals surface area contributed by atoms with E-state index >= 15 is 0 Å². The van der Waals surface area contributed by atoms with E-state index in [-0.39, 0.29) is 11.8 Å². The van der Waals surface area contributed by atoms with Gasteiger partial charge in [0, 0.05) is 22.1 Å². The van der Waals surface area contributed by atoms with Crippen LogP contribution in [0.15, 0.2) is 84.0 Å². The number of carbonyl (C=O) groups excluding carboxylic acids is 2. The van der Waals surface area contributed by atoms with Gasteiger partial charge in [-0.1, -0.05) is 76.6 Å². The molecule has 2 amide bonds. The minimum Gasteiger partial charge on any atom is -0.494 e. The Morgan fingerprint density at radius 1 is 0.950 bits per heavy atom. The van der Waals surface area contributed by atoms with Crippen molar-refractivity contribution in [2.24, 2.45) is 10.5 Å². The number of amides is 2. The lowest BCUT2D eigenvalue weighted by Gasteiger charge is -2.18. The Morgan fingerprint density at radius 3 is 2.50 bits per heavy atom. The Bertz CT molecular complexity index is 1550. The zero-order chi connectivity index (χ0) is 28.7. The van der Waals surface area contributed by atoms with Gasteiger partial charge in [-0.2, -0.15) is 5.10 Å². The first-order chi connectivity index (χ1) is 19.2. The molecule has 0 saturated heterocycles. The first kappa shape index (κ1) is 28.5. The SMILES string of the molecule is CCCCOc1cccc(-c2cc(C(=O)N/N=C(\C)c3cccc(NC(=O)C(C)(C)C)c3)c3ccccc3n2)c1. The molecule has 0 aliphatic heterocycles. The van der Waals surface area contributed by atoms with Crippen molar-refractivity contribution in [1.82, 2.24) is 10.4 Å². The number of fused-ring (bicyclic) bond motifs is 1. The van der Waals surface area contributed by atoms with Crippen LogP contribution in [0.2, 0.25) is 0 Å². The first-order valence-electron chi connectivity index (χ1n) is 13.6. The molecule has 0 unspecified atom stereocenters. The molecule has 0 fully saturated rings. The molecular formula is C33H36N4O3. The summed E-state index contributed by atoms with van der Waals surface area (Å²) in [6.07, 6.45) is 2.05. The van der Waals surface area contributed by atoms with Crippen LogP contribution >= 0.6 is 0 Å². The van der Waals surface area contributed by atoms with Crippen molar-refractivity contribution in [2.75, 3.05) is 11.9 Å². The fourth-order valence-electron chi connectivity index (χ4n) is 3.99. The first-order valence-corrected chi connectivity index (χ1v) is 13.6. The summed E-state index contributed by atoms with van der Waals surface area (Å²) >= 11 is 0. The van der Waals surface area contributed by atoms with Crippen LogP contribution in [-0.2, 0) is 4.79 Å². The third-order valence-electron chi connectivity index (χ3n) is 6.40. The number of para-hydroxylation sites is 1. The number of rotatable bonds is 9. The van der Waals surface area contributed by atoms with Gasteiger partial charge in [0.05, 0.1) is 29.1 Å². The van der Waals surface area contributed by atoms with E-state index in [1.807, 2.05) is 100 Å².